The molecule has 112 valence electrons. The summed E-state index contributed by atoms with van der Waals surface area (Å²) >= 11 is 0. The lowest BCUT2D eigenvalue weighted by molar-refractivity contribution is -0.00801. The maximum absolute atomic E-state index is 11.6. The van der Waals surface area contributed by atoms with Crippen molar-refractivity contribution in [1.82, 2.24) is 10.2 Å². The fraction of sp³-hybridized carbons (Fsp3) is 1.00. The molecule has 19 heavy (non-hydrogen) atoms. The van der Waals surface area contributed by atoms with Gasteiger partial charge in [0.05, 0.1) is 11.5 Å². The zero-order valence-corrected chi connectivity index (χ0v) is 12.8. The molecule has 0 bridgehead atoms. The minimum Gasteiger partial charge on any atom is -0.381 e. The summed E-state index contributed by atoms with van der Waals surface area (Å²) in [5.41, 5.74) is 0.238. The number of rotatable bonds is 4. The highest BCUT2D eigenvalue weighted by atomic mass is 32.2. The average Bonchev–Trinajstić information content (AvgIpc) is 2.34. The van der Waals surface area contributed by atoms with Crippen LogP contribution in [0.3, 0.4) is 0 Å². The Morgan fingerprint density at radius 3 is 2.63 bits per heavy atom. The lowest BCUT2D eigenvalue weighted by Crippen LogP contribution is -2.54. The molecule has 2 aliphatic heterocycles. The van der Waals surface area contributed by atoms with Crippen LogP contribution in [0.5, 0.6) is 0 Å². The summed E-state index contributed by atoms with van der Waals surface area (Å²) in [5, 5.41) is 3.30. The molecule has 0 radical (unpaired) electrons. The van der Waals surface area contributed by atoms with Crippen molar-refractivity contribution < 1.29 is 13.2 Å². The Morgan fingerprint density at radius 2 is 2.05 bits per heavy atom. The minimum absolute atomic E-state index is 0.135. The maximum atomic E-state index is 11.6. The summed E-state index contributed by atoms with van der Waals surface area (Å²) in [5.74, 6) is 0.614. The summed E-state index contributed by atoms with van der Waals surface area (Å²) in [4.78, 5) is 2.35. The second kappa shape index (κ2) is 6.08. The summed E-state index contributed by atoms with van der Waals surface area (Å²) in [6.07, 6.45) is 2.12. The monoisotopic (exact) mass is 290 g/mol. The van der Waals surface area contributed by atoms with Gasteiger partial charge in [0, 0.05) is 38.9 Å². The molecule has 0 spiro atoms. The van der Waals surface area contributed by atoms with Crippen molar-refractivity contribution in [3.05, 3.63) is 0 Å². The van der Waals surface area contributed by atoms with Crippen molar-refractivity contribution in [1.29, 1.82) is 0 Å². The maximum Gasteiger partial charge on any atom is 0.153 e. The molecule has 2 saturated heterocycles. The van der Waals surface area contributed by atoms with E-state index < -0.39 is 9.84 Å². The van der Waals surface area contributed by atoms with Gasteiger partial charge in [0.15, 0.2) is 9.84 Å². The Kier molecular flexibility index (Phi) is 4.87. The third-order valence-corrected chi connectivity index (χ3v) is 6.25. The van der Waals surface area contributed by atoms with Gasteiger partial charge in [-0.1, -0.05) is 0 Å². The van der Waals surface area contributed by atoms with E-state index in [1.54, 1.807) is 0 Å². The summed E-state index contributed by atoms with van der Waals surface area (Å²) in [6.45, 7) is 6.31. The van der Waals surface area contributed by atoms with Crippen LogP contribution in [0, 0.1) is 5.41 Å². The molecule has 6 heteroatoms. The lowest BCUT2D eigenvalue weighted by atomic mass is 9.79. The fourth-order valence-corrected chi connectivity index (χ4v) is 4.89. The van der Waals surface area contributed by atoms with Crippen LogP contribution in [0.25, 0.3) is 0 Å². The SMILES string of the molecule is CNCC1(CN2CCS(=O)(=O)CC2C)CCOCC1. The van der Waals surface area contributed by atoms with Crippen molar-refractivity contribution >= 4 is 9.84 Å². The standard InChI is InChI=1S/C13H26N2O3S/c1-12-9-19(16,17)8-5-15(12)11-13(10-14-2)3-6-18-7-4-13/h12,14H,3-11H2,1-2H3. The van der Waals surface area contributed by atoms with Gasteiger partial charge in [-0.2, -0.15) is 0 Å². The number of sulfone groups is 1. The van der Waals surface area contributed by atoms with Crippen molar-refractivity contribution in [3.63, 3.8) is 0 Å². The quantitative estimate of drug-likeness (QED) is 0.797. The van der Waals surface area contributed by atoms with Crippen LogP contribution >= 0.6 is 0 Å². The predicted molar refractivity (Wildman–Crippen MR) is 76.1 cm³/mol. The summed E-state index contributed by atoms with van der Waals surface area (Å²) in [7, 11) is -0.832. The van der Waals surface area contributed by atoms with E-state index in [2.05, 4.69) is 10.2 Å². The third kappa shape index (κ3) is 3.90. The smallest absolute Gasteiger partial charge is 0.153 e. The molecule has 1 unspecified atom stereocenters. The first-order valence-electron chi connectivity index (χ1n) is 7.13. The van der Waals surface area contributed by atoms with Crippen LogP contribution in [0.1, 0.15) is 19.8 Å². The molecule has 0 aromatic rings. The van der Waals surface area contributed by atoms with Gasteiger partial charge < -0.3 is 10.1 Å². The first kappa shape index (κ1) is 15.2. The van der Waals surface area contributed by atoms with Crippen LogP contribution < -0.4 is 5.32 Å². The van der Waals surface area contributed by atoms with Crippen molar-refractivity contribution in [2.24, 2.45) is 5.41 Å². The molecule has 1 atom stereocenters. The Balaban J connectivity index is 2.01. The van der Waals surface area contributed by atoms with Gasteiger partial charge in [0.25, 0.3) is 0 Å². The van der Waals surface area contributed by atoms with E-state index >= 15 is 0 Å². The average molecular weight is 290 g/mol. The second-order valence-electron chi connectivity index (χ2n) is 6.08. The van der Waals surface area contributed by atoms with E-state index in [0.717, 1.165) is 39.1 Å². The molecule has 0 aromatic carbocycles. The van der Waals surface area contributed by atoms with E-state index in [1.165, 1.54) is 0 Å². The zero-order chi connectivity index (χ0) is 13.9. The number of hydrogen-bond acceptors (Lipinski definition) is 5. The van der Waals surface area contributed by atoms with Crippen molar-refractivity contribution in [3.8, 4) is 0 Å². The Morgan fingerprint density at radius 1 is 1.37 bits per heavy atom. The van der Waals surface area contributed by atoms with Gasteiger partial charge in [-0.25, -0.2) is 8.42 Å². The van der Waals surface area contributed by atoms with Crippen LogP contribution in [0.15, 0.2) is 0 Å². The van der Waals surface area contributed by atoms with Gasteiger partial charge in [0.2, 0.25) is 0 Å². The number of nitrogens with zero attached hydrogens (tertiary/aromatic N) is 1. The number of nitrogens with one attached hydrogen (secondary N) is 1. The highest BCUT2D eigenvalue weighted by molar-refractivity contribution is 7.91. The van der Waals surface area contributed by atoms with Gasteiger partial charge >= 0.3 is 0 Å². The molecule has 5 nitrogen and oxygen atoms in total. The van der Waals surface area contributed by atoms with Crippen LogP contribution in [-0.2, 0) is 14.6 Å². The number of hydrogen-bond donors (Lipinski definition) is 1. The van der Waals surface area contributed by atoms with Crippen LogP contribution in [0.2, 0.25) is 0 Å². The third-order valence-electron chi connectivity index (χ3n) is 4.45. The van der Waals surface area contributed by atoms with Crippen LogP contribution in [0.4, 0.5) is 0 Å². The van der Waals surface area contributed by atoms with Gasteiger partial charge in [-0.3, -0.25) is 4.90 Å². The molecule has 2 aliphatic rings. The first-order chi connectivity index (χ1) is 8.96. The highest BCUT2D eigenvalue weighted by Crippen LogP contribution is 2.32. The Bertz CT molecular complexity index is 385. The molecule has 0 aromatic heterocycles. The Labute approximate surface area is 116 Å². The molecule has 2 fully saturated rings. The molecule has 0 amide bonds. The highest BCUT2D eigenvalue weighted by Gasteiger charge is 2.37. The first-order valence-corrected chi connectivity index (χ1v) is 8.95. The predicted octanol–water partition coefficient (Wildman–Crippen LogP) is 0.122. The fourth-order valence-electron chi connectivity index (χ4n) is 3.27. The topological polar surface area (TPSA) is 58.6 Å². The molecular formula is C13H26N2O3S. The van der Waals surface area contributed by atoms with E-state index in [4.69, 9.17) is 4.74 Å². The summed E-state index contributed by atoms with van der Waals surface area (Å²) < 4.78 is 28.8. The zero-order valence-electron chi connectivity index (χ0n) is 12.0. The van der Waals surface area contributed by atoms with E-state index in [1.807, 2.05) is 14.0 Å². The van der Waals surface area contributed by atoms with Crippen molar-refractivity contribution in [2.75, 3.05) is 51.4 Å². The summed E-state index contributed by atoms with van der Waals surface area (Å²) in [6, 6.07) is 0.135. The normalized spacial score (nSPS) is 31.2. The van der Waals surface area contributed by atoms with E-state index in [9.17, 15) is 8.42 Å². The molecule has 0 saturated carbocycles. The minimum atomic E-state index is -2.82. The van der Waals surface area contributed by atoms with E-state index in [-0.39, 0.29) is 11.5 Å². The molecule has 0 aliphatic carbocycles. The van der Waals surface area contributed by atoms with Gasteiger partial charge in [-0.15, -0.1) is 0 Å². The Hall–Kier alpha value is -0.170. The van der Waals surface area contributed by atoms with E-state index in [0.29, 0.717) is 18.1 Å². The molecule has 2 rings (SSSR count). The van der Waals surface area contributed by atoms with Gasteiger partial charge in [0.1, 0.15) is 0 Å². The lowest BCUT2D eigenvalue weighted by Gasteiger charge is -2.44. The molecule has 1 N–H and O–H groups in total. The molecular weight excluding hydrogens is 264 g/mol. The van der Waals surface area contributed by atoms with Crippen molar-refractivity contribution in [2.45, 2.75) is 25.8 Å². The number of ether oxygens (including phenoxy) is 1. The molecule has 2 heterocycles. The van der Waals surface area contributed by atoms with Gasteiger partial charge in [-0.05, 0) is 32.2 Å². The second-order valence-corrected chi connectivity index (χ2v) is 8.31. The van der Waals surface area contributed by atoms with Crippen LogP contribution in [-0.4, -0.2) is 70.8 Å². The largest absolute Gasteiger partial charge is 0.381 e.